The molecule has 0 fully saturated rings. The molecule has 0 unspecified atom stereocenters. The first kappa shape index (κ1) is 24.5. The smallest absolute Gasteiger partial charge is 0.291 e. The fourth-order valence-electron chi connectivity index (χ4n) is 4.36. The van der Waals surface area contributed by atoms with E-state index in [9.17, 15) is 4.79 Å². The number of thiazole rings is 1. The van der Waals surface area contributed by atoms with Crippen molar-refractivity contribution in [1.82, 2.24) is 24.4 Å². The molecule has 3 heterocycles. The highest BCUT2D eigenvalue weighted by Gasteiger charge is 2.16. The number of hydrogen-bond donors (Lipinski definition) is 0. The Morgan fingerprint density at radius 2 is 1.79 bits per heavy atom. The Balaban J connectivity index is 1.43. The van der Waals surface area contributed by atoms with Crippen molar-refractivity contribution in [1.29, 1.82) is 0 Å². The maximum Gasteiger partial charge on any atom is 0.291 e. The van der Waals surface area contributed by atoms with Crippen LogP contribution in [0, 0.1) is 13.8 Å². The van der Waals surface area contributed by atoms with E-state index in [0.29, 0.717) is 21.9 Å². The molecule has 0 aliphatic heterocycles. The second kappa shape index (κ2) is 10.2. The second-order valence-corrected chi connectivity index (χ2v) is 10.2. The van der Waals surface area contributed by atoms with Crippen molar-refractivity contribution >= 4 is 22.4 Å². The lowest BCUT2D eigenvalue weighted by Crippen LogP contribution is -2.23. The third kappa shape index (κ3) is 4.78. The maximum atomic E-state index is 13.4. The van der Waals surface area contributed by atoms with E-state index < -0.39 is 0 Å². The SMILES string of the molecule is C=CCOc1ccc(-c2nc3s/c(=C\c4cn(-c5ccccc5)nc4-c4cc(C)ccc4C)c(=O)n3n2)cc1. The predicted molar refractivity (Wildman–Crippen MR) is 156 cm³/mol. The number of hydrogen-bond acceptors (Lipinski definition) is 6. The number of benzene rings is 3. The standard InChI is InChI=1S/C31H25N5O2S/c1-4-16-38-25-14-12-22(13-15-25)29-32-31-36(34-29)30(37)27(39-31)18-23-19-35(24-8-6-5-7-9-24)33-28(23)26-17-20(2)10-11-21(26)3/h4-15,17-19H,1,16H2,2-3H3/b27-18-. The zero-order valence-corrected chi connectivity index (χ0v) is 22.4. The highest BCUT2D eigenvalue weighted by molar-refractivity contribution is 7.15. The molecule has 0 atom stereocenters. The molecule has 0 saturated carbocycles. The monoisotopic (exact) mass is 531 g/mol. The molecule has 192 valence electrons. The Bertz CT molecular complexity index is 1920. The number of fused-ring (bicyclic) bond motifs is 1. The fourth-order valence-corrected chi connectivity index (χ4v) is 5.26. The molecule has 3 aromatic heterocycles. The average Bonchev–Trinajstić information content (AvgIpc) is 3.65. The van der Waals surface area contributed by atoms with Gasteiger partial charge in [-0.2, -0.15) is 14.6 Å². The Hall–Kier alpha value is -4.82. The van der Waals surface area contributed by atoms with Crippen LogP contribution < -0.4 is 14.8 Å². The van der Waals surface area contributed by atoms with Crippen LogP contribution in [0.5, 0.6) is 5.75 Å². The van der Waals surface area contributed by atoms with Gasteiger partial charge in [0.15, 0.2) is 5.82 Å². The van der Waals surface area contributed by atoms with Gasteiger partial charge in [0.2, 0.25) is 4.96 Å². The van der Waals surface area contributed by atoms with Gasteiger partial charge in [0.05, 0.1) is 10.2 Å². The van der Waals surface area contributed by atoms with Crippen molar-refractivity contribution in [2.45, 2.75) is 13.8 Å². The molecule has 0 N–H and O–H groups in total. The van der Waals surface area contributed by atoms with Gasteiger partial charge in [-0.05, 0) is 68.0 Å². The Kier molecular flexibility index (Phi) is 6.38. The van der Waals surface area contributed by atoms with Crippen molar-refractivity contribution in [2.75, 3.05) is 6.61 Å². The van der Waals surface area contributed by atoms with Crippen LogP contribution in [0.1, 0.15) is 16.7 Å². The van der Waals surface area contributed by atoms with Crippen molar-refractivity contribution in [2.24, 2.45) is 0 Å². The summed E-state index contributed by atoms with van der Waals surface area (Å²) in [6.07, 6.45) is 5.54. The average molecular weight is 532 g/mol. The summed E-state index contributed by atoms with van der Waals surface area (Å²) in [6, 6.07) is 23.7. The first-order valence-electron chi connectivity index (χ1n) is 12.5. The predicted octanol–water partition coefficient (Wildman–Crippen LogP) is 5.40. The zero-order chi connectivity index (χ0) is 26.9. The fraction of sp³-hybridized carbons (Fsp3) is 0.0968. The molecule has 0 aliphatic rings. The van der Waals surface area contributed by atoms with Crippen LogP contribution in [0.3, 0.4) is 0 Å². The van der Waals surface area contributed by atoms with E-state index in [2.05, 4.69) is 48.7 Å². The highest BCUT2D eigenvalue weighted by atomic mass is 32.1. The number of ether oxygens (including phenoxy) is 1. The first-order valence-corrected chi connectivity index (χ1v) is 13.3. The summed E-state index contributed by atoms with van der Waals surface area (Å²) < 4.78 is 9.31. The molecule has 6 aromatic rings. The van der Waals surface area contributed by atoms with E-state index in [1.165, 1.54) is 15.9 Å². The quantitative estimate of drug-likeness (QED) is 0.258. The Morgan fingerprint density at radius 1 is 1.00 bits per heavy atom. The second-order valence-electron chi connectivity index (χ2n) is 9.20. The van der Waals surface area contributed by atoms with Crippen molar-refractivity contribution < 1.29 is 4.74 Å². The van der Waals surface area contributed by atoms with Crippen LogP contribution in [-0.4, -0.2) is 31.0 Å². The summed E-state index contributed by atoms with van der Waals surface area (Å²) in [5.41, 5.74) is 6.51. The number of nitrogens with zero attached hydrogens (tertiary/aromatic N) is 5. The Morgan fingerprint density at radius 3 is 2.54 bits per heavy atom. The molecule has 6 rings (SSSR count). The van der Waals surface area contributed by atoms with Crippen molar-refractivity contribution in [3.63, 3.8) is 0 Å². The topological polar surface area (TPSA) is 74.3 Å². The minimum Gasteiger partial charge on any atom is -0.490 e. The summed E-state index contributed by atoms with van der Waals surface area (Å²) in [5.74, 6) is 1.23. The van der Waals surface area contributed by atoms with Gasteiger partial charge in [0.25, 0.3) is 5.56 Å². The van der Waals surface area contributed by atoms with E-state index >= 15 is 0 Å². The van der Waals surface area contributed by atoms with Gasteiger partial charge in [0.1, 0.15) is 18.1 Å². The number of aromatic nitrogens is 5. The summed E-state index contributed by atoms with van der Waals surface area (Å²) in [6.45, 7) is 8.23. The molecule has 0 spiro atoms. The van der Waals surface area contributed by atoms with Crippen LogP contribution in [0.4, 0.5) is 0 Å². The molecular weight excluding hydrogens is 506 g/mol. The maximum absolute atomic E-state index is 13.4. The molecule has 39 heavy (non-hydrogen) atoms. The zero-order valence-electron chi connectivity index (χ0n) is 21.5. The number of aryl methyl sites for hydroxylation is 2. The largest absolute Gasteiger partial charge is 0.490 e. The lowest BCUT2D eigenvalue weighted by Gasteiger charge is -2.05. The summed E-state index contributed by atoms with van der Waals surface area (Å²) in [5, 5.41) is 9.44. The summed E-state index contributed by atoms with van der Waals surface area (Å²) >= 11 is 1.31. The summed E-state index contributed by atoms with van der Waals surface area (Å²) in [7, 11) is 0. The van der Waals surface area contributed by atoms with Crippen LogP contribution in [0.2, 0.25) is 0 Å². The molecule has 0 saturated heterocycles. The lowest BCUT2D eigenvalue weighted by atomic mass is 10.0. The van der Waals surface area contributed by atoms with E-state index in [4.69, 9.17) is 9.84 Å². The molecular formula is C31H25N5O2S. The van der Waals surface area contributed by atoms with Crippen LogP contribution in [0.25, 0.3) is 39.4 Å². The molecule has 0 aliphatic carbocycles. The van der Waals surface area contributed by atoms with Gasteiger partial charge < -0.3 is 4.74 Å². The number of rotatable bonds is 7. The van der Waals surface area contributed by atoms with E-state index in [-0.39, 0.29) is 5.56 Å². The van der Waals surface area contributed by atoms with Gasteiger partial charge in [0, 0.05) is 22.9 Å². The normalized spacial score (nSPS) is 11.8. The third-order valence-corrected chi connectivity index (χ3v) is 7.32. The molecule has 8 heteroatoms. The highest BCUT2D eigenvalue weighted by Crippen LogP contribution is 2.28. The van der Waals surface area contributed by atoms with Crippen molar-refractivity contribution in [3.05, 3.63) is 123 Å². The molecule has 0 bridgehead atoms. The minimum absolute atomic E-state index is 0.209. The first-order chi connectivity index (χ1) is 19.0. The van der Waals surface area contributed by atoms with Gasteiger partial charge in [-0.3, -0.25) is 4.79 Å². The van der Waals surface area contributed by atoms with Crippen LogP contribution in [0.15, 0.2) is 96.4 Å². The number of para-hydroxylation sites is 1. The van der Waals surface area contributed by atoms with Crippen LogP contribution in [-0.2, 0) is 0 Å². The van der Waals surface area contributed by atoms with Gasteiger partial charge >= 0.3 is 0 Å². The van der Waals surface area contributed by atoms with Gasteiger partial charge in [-0.1, -0.05) is 59.9 Å². The molecule has 0 amide bonds. The Labute approximate surface area is 229 Å². The molecule has 0 radical (unpaired) electrons. The minimum atomic E-state index is -0.209. The van der Waals surface area contributed by atoms with Gasteiger partial charge in [-0.15, -0.1) is 5.10 Å². The van der Waals surface area contributed by atoms with E-state index in [1.807, 2.05) is 71.6 Å². The molecule has 3 aromatic carbocycles. The van der Waals surface area contributed by atoms with E-state index in [0.717, 1.165) is 44.9 Å². The lowest BCUT2D eigenvalue weighted by molar-refractivity contribution is 0.363. The molecule has 7 nitrogen and oxygen atoms in total. The van der Waals surface area contributed by atoms with E-state index in [1.54, 1.807) is 6.08 Å². The van der Waals surface area contributed by atoms with Gasteiger partial charge in [-0.25, -0.2) is 4.68 Å². The third-order valence-electron chi connectivity index (χ3n) is 6.36. The van der Waals surface area contributed by atoms with Crippen LogP contribution >= 0.6 is 11.3 Å². The summed E-state index contributed by atoms with van der Waals surface area (Å²) in [4.78, 5) is 18.5. The van der Waals surface area contributed by atoms with Crippen molar-refractivity contribution in [3.8, 4) is 34.1 Å².